The molecule has 1 aromatic heterocycles. The number of carbonyl (C=O) groups is 3. The summed E-state index contributed by atoms with van der Waals surface area (Å²) in [6, 6.07) is 21.3. The van der Waals surface area contributed by atoms with Crippen LogP contribution in [0.15, 0.2) is 101 Å². The van der Waals surface area contributed by atoms with E-state index in [4.69, 9.17) is 25.5 Å². The Hall–Kier alpha value is -5.15. The monoisotopic (exact) mass is 543 g/mol. The number of halogens is 1. The normalized spacial score (nSPS) is 10.9. The number of esters is 1. The van der Waals surface area contributed by atoms with Crippen molar-refractivity contribution in [3.63, 3.8) is 0 Å². The van der Waals surface area contributed by atoms with Crippen molar-refractivity contribution in [3.05, 3.63) is 119 Å². The Kier molecular flexibility index (Phi) is 8.89. The first-order valence-corrected chi connectivity index (χ1v) is 11.9. The van der Waals surface area contributed by atoms with Gasteiger partial charge in [0.2, 0.25) is 0 Å². The number of anilines is 1. The van der Waals surface area contributed by atoms with Gasteiger partial charge in [0.05, 0.1) is 19.6 Å². The lowest BCUT2D eigenvalue weighted by atomic mass is 10.2. The van der Waals surface area contributed by atoms with E-state index in [1.54, 1.807) is 72.8 Å². The van der Waals surface area contributed by atoms with Gasteiger partial charge >= 0.3 is 5.97 Å². The Morgan fingerprint density at radius 3 is 2.44 bits per heavy atom. The van der Waals surface area contributed by atoms with E-state index in [9.17, 15) is 14.4 Å². The molecule has 4 aromatic rings. The van der Waals surface area contributed by atoms with Crippen LogP contribution in [0.3, 0.4) is 0 Å². The molecule has 0 aliphatic rings. The molecule has 3 aromatic carbocycles. The van der Waals surface area contributed by atoms with Gasteiger partial charge in [0, 0.05) is 22.3 Å². The van der Waals surface area contributed by atoms with Gasteiger partial charge in [-0.3, -0.25) is 9.59 Å². The number of rotatable bonds is 9. The van der Waals surface area contributed by atoms with E-state index in [1.807, 2.05) is 0 Å². The molecule has 2 N–H and O–H groups in total. The van der Waals surface area contributed by atoms with Crippen LogP contribution in [0.25, 0.3) is 6.08 Å². The molecule has 10 heteroatoms. The molecular weight excluding hydrogens is 522 g/mol. The number of nitrogens with zero attached hydrogens (tertiary/aromatic N) is 1. The molecule has 4 rings (SSSR count). The van der Waals surface area contributed by atoms with E-state index in [0.717, 1.165) is 5.56 Å². The third kappa shape index (κ3) is 7.67. The van der Waals surface area contributed by atoms with Crippen LogP contribution in [0.4, 0.5) is 5.69 Å². The van der Waals surface area contributed by atoms with E-state index >= 15 is 0 Å². The highest BCUT2D eigenvalue weighted by atomic mass is 35.5. The van der Waals surface area contributed by atoms with Gasteiger partial charge in [0.15, 0.2) is 17.3 Å². The summed E-state index contributed by atoms with van der Waals surface area (Å²) in [5, 5.41) is 7.24. The number of benzene rings is 3. The molecule has 0 bridgehead atoms. The summed E-state index contributed by atoms with van der Waals surface area (Å²) in [7, 11) is 1.44. The maximum absolute atomic E-state index is 12.5. The zero-order valence-corrected chi connectivity index (χ0v) is 21.3. The van der Waals surface area contributed by atoms with Crippen LogP contribution in [0.5, 0.6) is 11.5 Å². The summed E-state index contributed by atoms with van der Waals surface area (Å²) < 4.78 is 15.8. The molecule has 39 heavy (non-hydrogen) atoms. The maximum Gasteiger partial charge on any atom is 0.336 e. The topological polar surface area (TPSA) is 119 Å². The highest BCUT2D eigenvalue weighted by Crippen LogP contribution is 2.28. The van der Waals surface area contributed by atoms with E-state index < -0.39 is 17.8 Å². The van der Waals surface area contributed by atoms with Crippen LogP contribution in [0.2, 0.25) is 5.02 Å². The van der Waals surface area contributed by atoms with Crippen molar-refractivity contribution < 1.29 is 28.3 Å². The fourth-order valence-corrected chi connectivity index (χ4v) is 3.42. The van der Waals surface area contributed by atoms with Crippen LogP contribution in [-0.4, -0.2) is 31.1 Å². The minimum Gasteiger partial charge on any atom is -0.493 e. The first kappa shape index (κ1) is 26.9. The van der Waals surface area contributed by atoms with Crippen molar-refractivity contribution in [2.24, 2.45) is 5.10 Å². The SMILES string of the molecule is COc1cc(C=NNC(=O)c2cccc(NC(=O)c3ccco3)c2)ccc1OC(=O)/C=C/c1ccc(Cl)cc1. The van der Waals surface area contributed by atoms with E-state index in [-0.39, 0.29) is 17.1 Å². The fourth-order valence-electron chi connectivity index (χ4n) is 3.30. The number of furan rings is 1. The third-order valence-corrected chi connectivity index (χ3v) is 5.44. The van der Waals surface area contributed by atoms with E-state index in [0.29, 0.717) is 22.0 Å². The van der Waals surface area contributed by atoms with Gasteiger partial charge in [-0.2, -0.15) is 5.10 Å². The lowest BCUT2D eigenvalue weighted by molar-refractivity contribution is -0.129. The first-order chi connectivity index (χ1) is 18.9. The molecule has 1 heterocycles. The number of hydrazone groups is 1. The maximum atomic E-state index is 12.5. The second-order valence-electron chi connectivity index (χ2n) is 7.93. The summed E-state index contributed by atoms with van der Waals surface area (Å²) >= 11 is 5.86. The second-order valence-corrected chi connectivity index (χ2v) is 8.36. The number of methoxy groups -OCH3 is 1. The van der Waals surface area contributed by atoms with Crippen molar-refractivity contribution in [1.29, 1.82) is 0 Å². The number of hydrogen-bond donors (Lipinski definition) is 2. The predicted octanol–water partition coefficient (Wildman–Crippen LogP) is 5.58. The van der Waals surface area contributed by atoms with Gasteiger partial charge in [-0.25, -0.2) is 10.2 Å². The Morgan fingerprint density at radius 1 is 0.897 bits per heavy atom. The zero-order chi connectivity index (χ0) is 27.6. The first-order valence-electron chi connectivity index (χ1n) is 11.5. The number of hydrogen-bond acceptors (Lipinski definition) is 7. The van der Waals surface area contributed by atoms with Gasteiger partial charge in [-0.15, -0.1) is 0 Å². The smallest absolute Gasteiger partial charge is 0.336 e. The number of amides is 2. The Bertz CT molecular complexity index is 1530. The number of carbonyl (C=O) groups excluding carboxylic acids is 3. The van der Waals surface area contributed by atoms with Crippen molar-refractivity contribution in [1.82, 2.24) is 5.43 Å². The standard InChI is InChI=1S/C29H22ClN3O6/c1-37-26-16-20(9-13-24(26)39-27(34)14-10-19-7-11-22(30)12-8-19)18-31-33-28(35)21-4-2-5-23(17-21)32-29(36)25-6-3-15-38-25/h2-18H,1H3,(H,32,36)(H,33,35)/b14-10+,31-18?. The van der Waals surface area contributed by atoms with Crippen LogP contribution < -0.4 is 20.2 Å². The lowest BCUT2D eigenvalue weighted by Gasteiger charge is -2.08. The van der Waals surface area contributed by atoms with Crippen LogP contribution in [-0.2, 0) is 4.79 Å². The molecule has 0 spiro atoms. The van der Waals surface area contributed by atoms with Gasteiger partial charge < -0.3 is 19.2 Å². The molecule has 0 saturated heterocycles. The Balaban J connectivity index is 1.34. The molecule has 0 radical (unpaired) electrons. The molecule has 2 amide bonds. The number of nitrogens with one attached hydrogen (secondary N) is 2. The molecule has 0 unspecified atom stereocenters. The van der Waals surface area contributed by atoms with Crippen molar-refractivity contribution in [3.8, 4) is 11.5 Å². The lowest BCUT2D eigenvalue weighted by Crippen LogP contribution is -2.18. The Labute approximate surface area is 228 Å². The summed E-state index contributed by atoms with van der Waals surface area (Å²) in [5.41, 5.74) is 4.52. The van der Waals surface area contributed by atoms with Crippen molar-refractivity contribution in [2.75, 3.05) is 12.4 Å². The van der Waals surface area contributed by atoms with E-state index in [1.165, 1.54) is 37.8 Å². The summed E-state index contributed by atoms with van der Waals surface area (Å²) in [4.78, 5) is 36.9. The largest absolute Gasteiger partial charge is 0.493 e. The van der Waals surface area contributed by atoms with Gasteiger partial charge in [0.25, 0.3) is 11.8 Å². The average molecular weight is 544 g/mol. The molecule has 0 aliphatic heterocycles. The summed E-state index contributed by atoms with van der Waals surface area (Å²) in [5.74, 6) is -0.822. The molecule has 0 saturated carbocycles. The zero-order valence-electron chi connectivity index (χ0n) is 20.6. The fraction of sp³-hybridized carbons (Fsp3) is 0.0345. The van der Waals surface area contributed by atoms with Crippen LogP contribution in [0.1, 0.15) is 32.0 Å². The van der Waals surface area contributed by atoms with Gasteiger partial charge in [-0.1, -0.05) is 29.8 Å². The predicted molar refractivity (Wildman–Crippen MR) is 147 cm³/mol. The minimum absolute atomic E-state index is 0.153. The van der Waals surface area contributed by atoms with Crippen molar-refractivity contribution >= 4 is 47.4 Å². The van der Waals surface area contributed by atoms with Crippen LogP contribution >= 0.6 is 11.6 Å². The molecule has 0 aliphatic carbocycles. The quantitative estimate of drug-likeness (QED) is 0.0935. The third-order valence-electron chi connectivity index (χ3n) is 5.19. The molecule has 196 valence electrons. The molecule has 9 nitrogen and oxygen atoms in total. The number of ether oxygens (including phenoxy) is 2. The molecular formula is C29H22ClN3O6. The average Bonchev–Trinajstić information content (AvgIpc) is 3.49. The Morgan fingerprint density at radius 2 is 1.69 bits per heavy atom. The van der Waals surface area contributed by atoms with Gasteiger partial charge in [-0.05, 0) is 77.9 Å². The van der Waals surface area contributed by atoms with Crippen LogP contribution in [0, 0.1) is 0 Å². The molecule has 0 atom stereocenters. The molecule has 0 fully saturated rings. The highest BCUT2D eigenvalue weighted by molar-refractivity contribution is 6.30. The summed E-state index contributed by atoms with van der Waals surface area (Å²) in [6.45, 7) is 0. The van der Waals surface area contributed by atoms with E-state index in [2.05, 4.69) is 15.8 Å². The van der Waals surface area contributed by atoms with Gasteiger partial charge in [0.1, 0.15) is 0 Å². The van der Waals surface area contributed by atoms with Crippen molar-refractivity contribution in [2.45, 2.75) is 0 Å². The minimum atomic E-state index is -0.584. The second kappa shape index (κ2) is 12.9. The highest BCUT2D eigenvalue weighted by Gasteiger charge is 2.11. The summed E-state index contributed by atoms with van der Waals surface area (Å²) in [6.07, 6.45) is 5.71.